The third-order valence-corrected chi connectivity index (χ3v) is 6.26. The monoisotopic (exact) mass is 534 g/mol. The maximum Gasteiger partial charge on any atom is 0.299 e. The van der Waals surface area contributed by atoms with Gasteiger partial charge in [-0.1, -0.05) is 65.9 Å². The van der Waals surface area contributed by atoms with Crippen molar-refractivity contribution in [1.82, 2.24) is 15.0 Å². The molecule has 0 fully saturated rings. The summed E-state index contributed by atoms with van der Waals surface area (Å²) in [7, 11) is 1.54. The van der Waals surface area contributed by atoms with Crippen LogP contribution in [-0.4, -0.2) is 46.1 Å². The summed E-state index contributed by atoms with van der Waals surface area (Å²) in [5.74, 6) is -0.135. The highest BCUT2D eigenvalue weighted by molar-refractivity contribution is 6.52. The van der Waals surface area contributed by atoms with Crippen molar-refractivity contribution in [2.45, 2.75) is 13.2 Å². The summed E-state index contributed by atoms with van der Waals surface area (Å²) >= 11 is 0. The molecule has 9 nitrogen and oxygen atoms in total. The van der Waals surface area contributed by atoms with Gasteiger partial charge in [0, 0.05) is 6.54 Å². The SMILES string of the molecule is COc1cc(/C=C/C(=O)/C=C/c2ccccc2)ccc1OCc1cn(CCN2C(=O)C(=O)c3ccccc32)nn1. The lowest BCUT2D eigenvalue weighted by Gasteiger charge is -2.15. The fraction of sp³-hybridized carbons (Fsp3) is 0.129. The number of carbonyl (C=O) groups is 3. The minimum absolute atomic E-state index is 0.129. The number of rotatable bonds is 11. The average molecular weight is 535 g/mol. The summed E-state index contributed by atoms with van der Waals surface area (Å²) in [6.07, 6.45) is 8.23. The second-order valence-electron chi connectivity index (χ2n) is 8.95. The molecular weight excluding hydrogens is 508 g/mol. The highest BCUT2D eigenvalue weighted by atomic mass is 16.5. The van der Waals surface area contributed by atoms with Gasteiger partial charge in [-0.3, -0.25) is 19.1 Å². The number of aromatic nitrogens is 3. The third-order valence-electron chi connectivity index (χ3n) is 6.26. The molecule has 0 saturated carbocycles. The molecule has 0 spiro atoms. The number of methoxy groups -OCH3 is 1. The first-order valence-electron chi connectivity index (χ1n) is 12.6. The molecule has 0 bridgehead atoms. The van der Waals surface area contributed by atoms with Crippen molar-refractivity contribution < 1.29 is 23.9 Å². The Morgan fingerprint density at radius 3 is 2.42 bits per heavy atom. The molecule has 40 heavy (non-hydrogen) atoms. The Balaban J connectivity index is 1.15. The number of ketones is 2. The normalized spacial score (nSPS) is 12.9. The van der Waals surface area contributed by atoms with Gasteiger partial charge in [0.15, 0.2) is 17.3 Å². The zero-order valence-electron chi connectivity index (χ0n) is 21.8. The molecule has 0 radical (unpaired) electrons. The van der Waals surface area contributed by atoms with E-state index in [2.05, 4.69) is 10.3 Å². The van der Waals surface area contributed by atoms with E-state index in [1.807, 2.05) is 36.4 Å². The van der Waals surface area contributed by atoms with Gasteiger partial charge in [-0.05, 0) is 47.5 Å². The predicted octanol–water partition coefficient (Wildman–Crippen LogP) is 4.39. The number of hydrogen-bond donors (Lipinski definition) is 0. The lowest BCUT2D eigenvalue weighted by molar-refractivity contribution is -0.114. The van der Waals surface area contributed by atoms with Crippen molar-refractivity contribution in [2.75, 3.05) is 18.6 Å². The number of carbonyl (C=O) groups excluding carboxylic acids is 3. The smallest absolute Gasteiger partial charge is 0.299 e. The van der Waals surface area contributed by atoms with Gasteiger partial charge in [0.25, 0.3) is 11.7 Å². The molecule has 2 heterocycles. The van der Waals surface area contributed by atoms with Crippen LogP contribution < -0.4 is 14.4 Å². The fourth-order valence-electron chi connectivity index (χ4n) is 4.22. The van der Waals surface area contributed by atoms with Crippen molar-refractivity contribution in [3.63, 3.8) is 0 Å². The summed E-state index contributed by atoms with van der Waals surface area (Å²) < 4.78 is 13.0. The third kappa shape index (κ3) is 6.05. The number of allylic oxidation sites excluding steroid dienone is 2. The van der Waals surface area contributed by atoms with Crippen LogP contribution in [0.1, 0.15) is 27.2 Å². The molecule has 1 aliphatic heterocycles. The van der Waals surface area contributed by atoms with Crippen LogP contribution in [0.15, 0.2) is 91.1 Å². The van der Waals surface area contributed by atoms with Crippen LogP contribution in [-0.2, 0) is 22.7 Å². The van der Waals surface area contributed by atoms with E-state index >= 15 is 0 Å². The van der Waals surface area contributed by atoms with Gasteiger partial charge in [0.2, 0.25) is 0 Å². The van der Waals surface area contributed by atoms with E-state index in [9.17, 15) is 14.4 Å². The first-order valence-corrected chi connectivity index (χ1v) is 12.6. The Hall–Kier alpha value is -5.31. The highest BCUT2D eigenvalue weighted by Crippen LogP contribution is 2.30. The lowest BCUT2D eigenvalue weighted by atomic mass is 10.1. The predicted molar refractivity (Wildman–Crippen MR) is 150 cm³/mol. The molecule has 0 unspecified atom stereocenters. The number of benzene rings is 3. The Labute approximate surface area is 230 Å². The second-order valence-corrected chi connectivity index (χ2v) is 8.95. The zero-order chi connectivity index (χ0) is 27.9. The summed E-state index contributed by atoms with van der Waals surface area (Å²) in [5.41, 5.74) is 3.36. The summed E-state index contributed by atoms with van der Waals surface area (Å²) in [4.78, 5) is 38.2. The topological polar surface area (TPSA) is 104 Å². The average Bonchev–Trinajstić information content (AvgIpc) is 3.55. The summed E-state index contributed by atoms with van der Waals surface area (Å²) in [6.45, 7) is 0.806. The van der Waals surface area contributed by atoms with Crippen molar-refractivity contribution >= 4 is 35.3 Å². The van der Waals surface area contributed by atoms with Gasteiger partial charge in [0.05, 0.1) is 31.1 Å². The first-order chi connectivity index (χ1) is 19.5. The number of para-hydroxylation sites is 1. The molecule has 4 aromatic rings. The summed E-state index contributed by atoms with van der Waals surface area (Å²) in [5, 5.41) is 8.24. The Bertz CT molecular complexity index is 1610. The molecule has 0 aliphatic carbocycles. The number of ether oxygens (including phenoxy) is 2. The maximum atomic E-state index is 12.4. The van der Waals surface area contributed by atoms with E-state index in [1.54, 1.807) is 66.5 Å². The van der Waals surface area contributed by atoms with Crippen molar-refractivity contribution in [2.24, 2.45) is 0 Å². The van der Waals surface area contributed by atoms with Crippen LogP contribution in [0.4, 0.5) is 5.69 Å². The number of fused-ring (bicyclic) bond motifs is 1. The van der Waals surface area contributed by atoms with Gasteiger partial charge in [0.1, 0.15) is 12.3 Å². The summed E-state index contributed by atoms with van der Waals surface area (Å²) in [6, 6.07) is 21.9. The minimum atomic E-state index is -0.539. The van der Waals surface area contributed by atoms with Crippen LogP contribution in [0.2, 0.25) is 0 Å². The fourth-order valence-corrected chi connectivity index (χ4v) is 4.22. The largest absolute Gasteiger partial charge is 0.493 e. The van der Waals surface area contributed by atoms with Crippen molar-refractivity contribution in [3.8, 4) is 11.5 Å². The van der Waals surface area contributed by atoms with E-state index in [4.69, 9.17) is 9.47 Å². The quantitative estimate of drug-likeness (QED) is 0.208. The molecule has 0 atom stereocenters. The molecular formula is C31H26N4O5. The Morgan fingerprint density at radius 2 is 1.62 bits per heavy atom. The molecule has 5 rings (SSSR count). The van der Waals surface area contributed by atoms with Crippen LogP contribution in [0.5, 0.6) is 11.5 Å². The highest BCUT2D eigenvalue weighted by Gasteiger charge is 2.35. The molecule has 1 aliphatic rings. The van der Waals surface area contributed by atoms with E-state index in [0.29, 0.717) is 41.5 Å². The van der Waals surface area contributed by atoms with Gasteiger partial charge in [-0.25, -0.2) is 0 Å². The number of nitrogens with zero attached hydrogens (tertiary/aromatic N) is 4. The van der Waals surface area contributed by atoms with Crippen LogP contribution in [0, 0.1) is 0 Å². The first kappa shape index (κ1) is 26.3. The van der Waals surface area contributed by atoms with E-state index in [1.165, 1.54) is 17.1 Å². The minimum Gasteiger partial charge on any atom is -0.493 e. The number of Topliss-reactive ketones (excluding diaryl/α,β-unsaturated/α-hetero) is 1. The van der Waals surface area contributed by atoms with Crippen molar-refractivity contribution in [1.29, 1.82) is 0 Å². The van der Waals surface area contributed by atoms with Gasteiger partial charge >= 0.3 is 0 Å². The van der Waals surface area contributed by atoms with Crippen LogP contribution >= 0.6 is 0 Å². The molecule has 0 N–H and O–H groups in total. The van der Waals surface area contributed by atoms with Gasteiger partial charge in [-0.2, -0.15) is 0 Å². The standard InChI is InChI=1S/C31H26N4O5/c1-39-29-19-23(12-15-25(36)14-11-22-7-3-2-4-8-22)13-16-28(29)40-21-24-20-34(33-32-24)17-18-35-27-10-6-5-9-26(27)30(37)31(35)38/h2-16,19-20H,17-18,21H2,1H3/b14-11+,15-12+. The van der Waals surface area contributed by atoms with E-state index in [-0.39, 0.29) is 12.4 Å². The lowest BCUT2D eigenvalue weighted by Crippen LogP contribution is -2.32. The number of hydrogen-bond acceptors (Lipinski definition) is 7. The molecule has 0 saturated heterocycles. The second kappa shape index (κ2) is 12.0. The molecule has 1 aromatic heterocycles. The molecule has 3 aromatic carbocycles. The van der Waals surface area contributed by atoms with Crippen molar-refractivity contribution in [3.05, 3.63) is 114 Å². The van der Waals surface area contributed by atoms with Crippen LogP contribution in [0.25, 0.3) is 12.2 Å². The number of amides is 1. The molecule has 200 valence electrons. The van der Waals surface area contributed by atoms with Crippen LogP contribution in [0.3, 0.4) is 0 Å². The van der Waals surface area contributed by atoms with Gasteiger partial charge < -0.3 is 14.4 Å². The molecule has 9 heteroatoms. The Morgan fingerprint density at radius 1 is 0.875 bits per heavy atom. The zero-order valence-corrected chi connectivity index (χ0v) is 21.8. The maximum absolute atomic E-state index is 12.4. The van der Waals surface area contributed by atoms with E-state index < -0.39 is 11.7 Å². The van der Waals surface area contributed by atoms with Gasteiger partial charge in [-0.15, -0.1) is 5.10 Å². The number of anilines is 1. The van der Waals surface area contributed by atoms with E-state index in [0.717, 1.165) is 11.1 Å². The Kier molecular flexibility index (Phi) is 7.92. The molecule has 1 amide bonds.